The molecule has 1 rings (SSSR count). The first-order chi connectivity index (χ1) is 13.5. The van der Waals surface area contributed by atoms with Crippen LogP contribution in [-0.4, -0.2) is 90.5 Å². The predicted molar refractivity (Wildman–Crippen MR) is 117 cm³/mol. The molecule has 0 saturated carbocycles. The highest BCUT2D eigenvalue weighted by molar-refractivity contribution is 5.79. The highest BCUT2D eigenvalue weighted by Crippen LogP contribution is 2.12. The summed E-state index contributed by atoms with van der Waals surface area (Å²) in [5.74, 6) is 1.73. The van der Waals surface area contributed by atoms with Crippen molar-refractivity contribution >= 4 is 5.96 Å². The minimum absolute atomic E-state index is 0.726. The zero-order valence-electron chi connectivity index (χ0n) is 18.3. The van der Waals surface area contributed by atoms with Gasteiger partial charge in [0.05, 0.1) is 6.61 Å². The van der Waals surface area contributed by atoms with Gasteiger partial charge in [-0.3, -0.25) is 4.99 Å². The summed E-state index contributed by atoms with van der Waals surface area (Å²) in [6.07, 6.45) is 2.08. The minimum Gasteiger partial charge on any atom is -0.494 e. The van der Waals surface area contributed by atoms with Crippen LogP contribution in [0, 0.1) is 0 Å². The Morgan fingerprint density at radius 1 is 0.964 bits per heavy atom. The molecule has 7 nitrogen and oxygen atoms in total. The minimum atomic E-state index is 0.726. The molecule has 0 bridgehead atoms. The molecule has 0 aliphatic carbocycles. The molecule has 0 amide bonds. The molecule has 28 heavy (non-hydrogen) atoms. The van der Waals surface area contributed by atoms with Crippen LogP contribution in [0.1, 0.15) is 18.4 Å². The lowest BCUT2D eigenvalue weighted by Gasteiger charge is -2.18. The van der Waals surface area contributed by atoms with E-state index >= 15 is 0 Å². The normalized spacial score (nSPS) is 11.9. The Hall–Kier alpha value is -1.83. The molecule has 2 N–H and O–H groups in total. The van der Waals surface area contributed by atoms with Crippen molar-refractivity contribution in [2.24, 2.45) is 4.99 Å². The van der Waals surface area contributed by atoms with Crippen molar-refractivity contribution in [2.75, 3.05) is 74.7 Å². The van der Waals surface area contributed by atoms with Crippen LogP contribution in [0.15, 0.2) is 29.3 Å². The third kappa shape index (κ3) is 11.8. The standard InChI is InChI=1S/C21H39N5O2/c1-22-21(23-12-15-26(4)14-7-16-27-5)24-18-19-8-10-20(11-9-19)28-17-6-13-25(2)3/h8-11H,6-7,12-18H2,1-5H3,(H2,22,23,24). The number of hydrogen-bond donors (Lipinski definition) is 2. The van der Waals surface area contributed by atoms with Crippen molar-refractivity contribution in [1.82, 2.24) is 20.4 Å². The van der Waals surface area contributed by atoms with E-state index in [4.69, 9.17) is 9.47 Å². The molecule has 0 aliphatic rings. The first-order valence-corrected chi connectivity index (χ1v) is 10.0. The lowest BCUT2D eigenvalue weighted by atomic mass is 10.2. The van der Waals surface area contributed by atoms with Crippen LogP contribution in [0.25, 0.3) is 0 Å². The molecular weight excluding hydrogens is 354 g/mol. The first kappa shape index (κ1) is 24.2. The van der Waals surface area contributed by atoms with E-state index < -0.39 is 0 Å². The molecule has 7 heteroatoms. The Morgan fingerprint density at radius 3 is 2.32 bits per heavy atom. The van der Waals surface area contributed by atoms with Gasteiger partial charge >= 0.3 is 0 Å². The summed E-state index contributed by atoms with van der Waals surface area (Å²) in [5, 5.41) is 6.70. The number of ether oxygens (including phenoxy) is 2. The molecule has 160 valence electrons. The van der Waals surface area contributed by atoms with Crippen molar-refractivity contribution in [3.8, 4) is 5.75 Å². The molecule has 1 aromatic rings. The quantitative estimate of drug-likeness (QED) is 0.285. The van der Waals surface area contributed by atoms with Gasteiger partial charge in [-0.1, -0.05) is 12.1 Å². The number of rotatable bonds is 14. The SMILES string of the molecule is CN=C(NCCN(C)CCCOC)NCc1ccc(OCCCN(C)C)cc1. The number of likely N-dealkylation sites (N-methyl/N-ethyl adjacent to an activating group) is 1. The number of benzene rings is 1. The van der Waals surface area contributed by atoms with Crippen LogP contribution in [0.3, 0.4) is 0 Å². The van der Waals surface area contributed by atoms with Crippen molar-refractivity contribution in [3.63, 3.8) is 0 Å². The monoisotopic (exact) mass is 393 g/mol. The van der Waals surface area contributed by atoms with E-state index in [9.17, 15) is 0 Å². The maximum Gasteiger partial charge on any atom is 0.191 e. The predicted octanol–water partition coefficient (Wildman–Crippen LogP) is 1.65. The number of guanidine groups is 1. The van der Waals surface area contributed by atoms with E-state index in [2.05, 4.69) is 58.7 Å². The molecule has 1 aromatic carbocycles. The van der Waals surface area contributed by atoms with Crippen LogP contribution in [0.4, 0.5) is 0 Å². The lowest BCUT2D eigenvalue weighted by molar-refractivity contribution is 0.180. The van der Waals surface area contributed by atoms with Crippen molar-refractivity contribution in [2.45, 2.75) is 19.4 Å². The second-order valence-corrected chi connectivity index (χ2v) is 7.15. The van der Waals surface area contributed by atoms with E-state index in [1.165, 1.54) is 5.56 Å². The topological polar surface area (TPSA) is 61.4 Å². The van der Waals surface area contributed by atoms with Crippen LogP contribution >= 0.6 is 0 Å². The molecule has 0 atom stereocenters. The molecule has 0 unspecified atom stereocenters. The first-order valence-electron chi connectivity index (χ1n) is 10.0. The highest BCUT2D eigenvalue weighted by Gasteiger charge is 2.02. The number of nitrogens with one attached hydrogen (secondary N) is 2. The summed E-state index contributed by atoms with van der Waals surface area (Å²) in [6, 6.07) is 8.23. The molecule has 0 spiro atoms. The summed E-state index contributed by atoms with van der Waals surface area (Å²) in [5.41, 5.74) is 1.19. The molecular formula is C21H39N5O2. The van der Waals surface area contributed by atoms with Gasteiger partial charge in [0.1, 0.15) is 5.75 Å². The Bertz CT molecular complexity index is 534. The molecule has 0 aliphatic heterocycles. The van der Waals surface area contributed by atoms with Crippen LogP contribution in [0.5, 0.6) is 5.75 Å². The van der Waals surface area contributed by atoms with E-state index in [-0.39, 0.29) is 0 Å². The summed E-state index contributed by atoms with van der Waals surface area (Å²) >= 11 is 0. The van der Waals surface area contributed by atoms with Gasteiger partial charge in [0.15, 0.2) is 5.96 Å². The van der Waals surface area contributed by atoms with Crippen LogP contribution in [0.2, 0.25) is 0 Å². The average molecular weight is 394 g/mol. The van der Waals surface area contributed by atoms with E-state index in [1.807, 2.05) is 12.1 Å². The van der Waals surface area contributed by atoms with Crippen LogP contribution < -0.4 is 15.4 Å². The van der Waals surface area contributed by atoms with E-state index in [1.54, 1.807) is 14.2 Å². The molecule has 0 fully saturated rings. The van der Waals surface area contributed by atoms with E-state index in [0.717, 1.165) is 70.5 Å². The van der Waals surface area contributed by atoms with Crippen molar-refractivity contribution in [1.29, 1.82) is 0 Å². The van der Waals surface area contributed by atoms with Gasteiger partial charge in [0.2, 0.25) is 0 Å². The second-order valence-electron chi connectivity index (χ2n) is 7.15. The highest BCUT2D eigenvalue weighted by atomic mass is 16.5. The maximum atomic E-state index is 5.77. The van der Waals surface area contributed by atoms with Gasteiger partial charge in [-0.15, -0.1) is 0 Å². The fourth-order valence-electron chi connectivity index (χ4n) is 2.64. The Labute approximate surface area is 171 Å². The molecule has 0 saturated heterocycles. The van der Waals surface area contributed by atoms with Gasteiger partial charge in [-0.25, -0.2) is 0 Å². The number of aliphatic imine (C=N–C) groups is 1. The second kappa shape index (κ2) is 15.1. The van der Waals surface area contributed by atoms with Crippen molar-refractivity contribution < 1.29 is 9.47 Å². The zero-order valence-corrected chi connectivity index (χ0v) is 18.3. The fourth-order valence-corrected chi connectivity index (χ4v) is 2.64. The third-order valence-corrected chi connectivity index (χ3v) is 4.30. The summed E-state index contributed by atoms with van der Waals surface area (Å²) in [6.45, 7) is 6.16. The van der Waals surface area contributed by atoms with Gasteiger partial charge in [-0.2, -0.15) is 0 Å². The van der Waals surface area contributed by atoms with Gasteiger partial charge in [-0.05, 0) is 51.7 Å². The largest absolute Gasteiger partial charge is 0.494 e. The average Bonchev–Trinajstić information content (AvgIpc) is 2.69. The van der Waals surface area contributed by atoms with Crippen LogP contribution in [-0.2, 0) is 11.3 Å². The lowest BCUT2D eigenvalue weighted by Crippen LogP contribution is -2.40. The zero-order chi connectivity index (χ0) is 20.6. The molecule has 0 aromatic heterocycles. The molecule has 0 heterocycles. The van der Waals surface area contributed by atoms with Gasteiger partial charge in [0.25, 0.3) is 0 Å². The smallest absolute Gasteiger partial charge is 0.191 e. The summed E-state index contributed by atoms with van der Waals surface area (Å²) < 4.78 is 10.9. The fraction of sp³-hybridized carbons (Fsp3) is 0.667. The molecule has 0 radical (unpaired) electrons. The maximum absolute atomic E-state index is 5.77. The van der Waals surface area contributed by atoms with E-state index in [0.29, 0.717) is 0 Å². The summed E-state index contributed by atoms with van der Waals surface area (Å²) in [7, 11) is 9.81. The Morgan fingerprint density at radius 2 is 1.68 bits per heavy atom. The van der Waals surface area contributed by atoms with Crippen molar-refractivity contribution in [3.05, 3.63) is 29.8 Å². The van der Waals surface area contributed by atoms with Gasteiger partial charge < -0.3 is 29.9 Å². The summed E-state index contributed by atoms with van der Waals surface area (Å²) in [4.78, 5) is 8.74. The number of hydrogen-bond acceptors (Lipinski definition) is 5. The Kier molecular flexibility index (Phi) is 13.1. The number of methoxy groups -OCH3 is 1. The Balaban J connectivity index is 2.24. The number of nitrogens with zero attached hydrogens (tertiary/aromatic N) is 3. The third-order valence-electron chi connectivity index (χ3n) is 4.30. The van der Waals surface area contributed by atoms with Gasteiger partial charge in [0, 0.05) is 53.5 Å².